The lowest BCUT2D eigenvalue weighted by atomic mass is 10.1. The molecule has 0 saturated heterocycles. The molecule has 0 bridgehead atoms. The van der Waals surface area contributed by atoms with E-state index in [0.29, 0.717) is 29.1 Å². The Balaban J connectivity index is 0.00000338. The van der Waals surface area contributed by atoms with E-state index in [2.05, 4.69) is 10.4 Å². The minimum Gasteiger partial charge on any atom is -0.326 e. The van der Waals surface area contributed by atoms with Gasteiger partial charge in [0.2, 0.25) is 0 Å². The second-order valence-corrected chi connectivity index (χ2v) is 5.84. The highest BCUT2D eigenvalue weighted by Crippen LogP contribution is 2.32. The molecular weight excluding hydrogens is 369 g/mol. The van der Waals surface area contributed by atoms with Gasteiger partial charge in [-0.05, 0) is 44.0 Å². The van der Waals surface area contributed by atoms with E-state index in [9.17, 15) is 18.0 Å². The number of rotatable bonds is 5. The monoisotopic (exact) mass is 390 g/mol. The molecule has 0 spiro atoms. The molecule has 0 fully saturated rings. The zero-order valence-electron chi connectivity index (χ0n) is 14.8. The highest BCUT2D eigenvalue weighted by molar-refractivity contribution is 6.05. The summed E-state index contributed by atoms with van der Waals surface area (Å²) in [6, 6.07) is 3.32. The average molecular weight is 391 g/mol. The summed E-state index contributed by atoms with van der Waals surface area (Å²) in [6.45, 7) is 6.07. The molecule has 144 valence electrons. The van der Waals surface area contributed by atoms with E-state index in [1.165, 1.54) is 6.07 Å². The maximum absolute atomic E-state index is 13.0. The number of benzene rings is 1. The van der Waals surface area contributed by atoms with Gasteiger partial charge in [-0.1, -0.05) is 6.92 Å². The number of hydrogen-bond donors (Lipinski definition) is 2. The number of nitrogens with one attached hydrogen (secondary N) is 1. The quantitative estimate of drug-likeness (QED) is 0.808. The lowest BCUT2D eigenvalue weighted by molar-refractivity contribution is -0.137. The van der Waals surface area contributed by atoms with Crippen LogP contribution in [0.1, 0.15) is 46.2 Å². The summed E-state index contributed by atoms with van der Waals surface area (Å²) in [5.74, 6) is -0.486. The second-order valence-electron chi connectivity index (χ2n) is 5.84. The van der Waals surface area contributed by atoms with Gasteiger partial charge in [0, 0.05) is 24.5 Å². The highest BCUT2D eigenvalue weighted by atomic mass is 35.5. The Morgan fingerprint density at radius 3 is 2.46 bits per heavy atom. The van der Waals surface area contributed by atoms with Gasteiger partial charge in [-0.3, -0.25) is 9.48 Å². The first kappa shape index (κ1) is 22.0. The van der Waals surface area contributed by atoms with Crippen molar-refractivity contribution < 1.29 is 18.0 Å². The van der Waals surface area contributed by atoms with E-state index in [0.717, 1.165) is 18.6 Å². The van der Waals surface area contributed by atoms with Gasteiger partial charge in [-0.2, -0.15) is 18.3 Å². The number of anilines is 1. The van der Waals surface area contributed by atoms with Crippen LogP contribution in [0.5, 0.6) is 0 Å². The number of aromatic nitrogens is 2. The van der Waals surface area contributed by atoms with Crippen LogP contribution in [0.15, 0.2) is 18.2 Å². The molecule has 9 heteroatoms. The molecule has 3 N–H and O–H groups in total. The summed E-state index contributed by atoms with van der Waals surface area (Å²) in [7, 11) is 0. The minimum absolute atomic E-state index is 0. The van der Waals surface area contributed by atoms with E-state index in [4.69, 9.17) is 5.73 Å². The van der Waals surface area contributed by atoms with Crippen molar-refractivity contribution in [3.63, 3.8) is 0 Å². The van der Waals surface area contributed by atoms with Crippen LogP contribution in [0.4, 0.5) is 18.9 Å². The number of alkyl halides is 3. The molecular formula is C17H22ClF3N4O. The Morgan fingerprint density at radius 2 is 1.92 bits per heavy atom. The first-order valence-electron chi connectivity index (χ1n) is 7.94. The number of carbonyl (C=O) groups is 1. The zero-order chi connectivity index (χ0) is 18.8. The molecule has 0 aliphatic rings. The standard InChI is InChI=1S/C17H21F3N4O.ClH/c1-4-5-24-11(3)15(10(2)23-24)16(25)22-14-7-12(9-21)6-13(8-14)17(18,19)20;/h6-8H,4-5,9,21H2,1-3H3,(H,22,25);1H. The van der Waals surface area contributed by atoms with E-state index in [1.54, 1.807) is 18.5 Å². The van der Waals surface area contributed by atoms with Crippen LogP contribution in [0, 0.1) is 13.8 Å². The van der Waals surface area contributed by atoms with Crippen LogP contribution < -0.4 is 11.1 Å². The van der Waals surface area contributed by atoms with Gasteiger partial charge < -0.3 is 11.1 Å². The molecule has 0 aliphatic heterocycles. The maximum atomic E-state index is 13.0. The first-order valence-corrected chi connectivity index (χ1v) is 7.94. The molecule has 1 amide bonds. The van der Waals surface area contributed by atoms with Gasteiger partial charge in [0.15, 0.2) is 0 Å². The topological polar surface area (TPSA) is 72.9 Å². The third-order valence-corrected chi connectivity index (χ3v) is 3.86. The smallest absolute Gasteiger partial charge is 0.326 e. The molecule has 0 atom stereocenters. The molecule has 2 rings (SSSR count). The zero-order valence-corrected chi connectivity index (χ0v) is 15.6. The summed E-state index contributed by atoms with van der Waals surface area (Å²) >= 11 is 0. The molecule has 1 aromatic heterocycles. The summed E-state index contributed by atoms with van der Waals surface area (Å²) in [5, 5.41) is 6.84. The summed E-state index contributed by atoms with van der Waals surface area (Å²) in [6.07, 6.45) is -3.65. The number of amides is 1. The van der Waals surface area contributed by atoms with E-state index < -0.39 is 17.6 Å². The SMILES string of the molecule is CCCn1nc(C)c(C(=O)Nc2cc(CN)cc(C(F)(F)F)c2)c1C.Cl. The Morgan fingerprint density at radius 1 is 1.27 bits per heavy atom. The summed E-state index contributed by atoms with van der Waals surface area (Å²) in [5.41, 5.74) is 6.56. The second kappa shape index (κ2) is 8.55. The molecule has 0 unspecified atom stereocenters. The van der Waals surface area contributed by atoms with Crippen molar-refractivity contribution in [2.75, 3.05) is 5.32 Å². The molecule has 0 aliphatic carbocycles. The van der Waals surface area contributed by atoms with Crippen molar-refractivity contribution in [3.8, 4) is 0 Å². The van der Waals surface area contributed by atoms with Gasteiger partial charge >= 0.3 is 6.18 Å². The third-order valence-electron chi connectivity index (χ3n) is 3.86. The normalized spacial score (nSPS) is 11.2. The van der Waals surface area contributed by atoms with Gasteiger partial charge in [-0.25, -0.2) is 0 Å². The molecule has 2 aromatic rings. The summed E-state index contributed by atoms with van der Waals surface area (Å²) < 4.78 is 40.7. The van der Waals surface area contributed by atoms with Gasteiger partial charge in [0.1, 0.15) is 0 Å². The fourth-order valence-corrected chi connectivity index (χ4v) is 2.69. The average Bonchev–Trinajstić information content (AvgIpc) is 2.80. The predicted octanol–water partition coefficient (Wildman–Crippen LogP) is 4.06. The Bertz CT molecular complexity index is 787. The van der Waals surface area contributed by atoms with Crippen molar-refractivity contribution in [1.82, 2.24) is 9.78 Å². The fourth-order valence-electron chi connectivity index (χ4n) is 2.69. The van der Waals surface area contributed by atoms with Gasteiger partial charge in [-0.15, -0.1) is 12.4 Å². The fraction of sp³-hybridized carbons (Fsp3) is 0.412. The van der Waals surface area contributed by atoms with E-state index in [-0.39, 0.29) is 24.6 Å². The van der Waals surface area contributed by atoms with E-state index >= 15 is 0 Å². The van der Waals surface area contributed by atoms with Crippen LogP contribution in [-0.4, -0.2) is 15.7 Å². The van der Waals surface area contributed by atoms with Crippen LogP contribution >= 0.6 is 12.4 Å². The first-order chi connectivity index (χ1) is 11.7. The number of hydrogen-bond acceptors (Lipinski definition) is 3. The van der Waals surface area contributed by atoms with Crippen molar-refractivity contribution >= 4 is 24.0 Å². The molecule has 26 heavy (non-hydrogen) atoms. The molecule has 5 nitrogen and oxygen atoms in total. The van der Waals surface area contributed by atoms with E-state index in [1.807, 2.05) is 6.92 Å². The summed E-state index contributed by atoms with van der Waals surface area (Å²) in [4.78, 5) is 12.6. The highest BCUT2D eigenvalue weighted by Gasteiger charge is 2.31. The van der Waals surface area contributed by atoms with Crippen molar-refractivity contribution in [2.45, 2.75) is 46.5 Å². The number of aryl methyl sites for hydroxylation is 2. The largest absolute Gasteiger partial charge is 0.416 e. The van der Waals surface area contributed by atoms with Crippen LogP contribution in [0.25, 0.3) is 0 Å². The maximum Gasteiger partial charge on any atom is 0.416 e. The molecule has 1 aromatic carbocycles. The van der Waals surface area contributed by atoms with Gasteiger partial charge in [0.25, 0.3) is 5.91 Å². The number of nitrogens with two attached hydrogens (primary N) is 1. The Hall–Kier alpha value is -2.06. The van der Waals surface area contributed by atoms with Crippen molar-refractivity contribution in [1.29, 1.82) is 0 Å². The van der Waals surface area contributed by atoms with Crippen LogP contribution in [0.3, 0.4) is 0 Å². The predicted molar refractivity (Wildman–Crippen MR) is 96.5 cm³/mol. The molecule has 0 radical (unpaired) electrons. The Kier molecular flexibility index (Phi) is 7.23. The van der Waals surface area contributed by atoms with Gasteiger partial charge in [0.05, 0.1) is 16.8 Å². The Labute approximate surface area is 156 Å². The number of carbonyl (C=O) groups excluding carboxylic acids is 1. The van der Waals surface area contributed by atoms with Crippen LogP contribution in [0.2, 0.25) is 0 Å². The number of nitrogens with zero attached hydrogens (tertiary/aromatic N) is 2. The lowest BCUT2D eigenvalue weighted by Crippen LogP contribution is -2.16. The molecule has 0 saturated carbocycles. The minimum atomic E-state index is -4.51. The van der Waals surface area contributed by atoms with Crippen LogP contribution in [-0.2, 0) is 19.3 Å². The van der Waals surface area contributed by atoms with Crippen molar-refractivity contribution in [2.24, 2.45) is 5.73 Å². The third kappa shape index (κ3) is 4.76. The number of halogens is 4. The lowest BCUT2D eigenvalue weighted by Gasteiger charge is -2.12. The molecule has 1 heterocycles. The van der Waals surface area contributed by atoms with Crippen molar-refractivity contribution in [3.05, 3.63) is 46.3 Å².